The molecular formula is C17H25N. The van der Waals surface area contributed by atoms with Crippen molar-refractivity contribution in [2.75, 3.05) is 13.1 Å². The second-order valence-electron chi connectivity index (χ2n) is 4.77. The van der Waals surface area contributed by atoms with Crippen LogP contribution in [0.1, 0.15) is 32.3 Å². The Kier molecular flexibility index (Phi) is 6.93. The van der Waals surface area contributed by atoms with Crippen molar-refractivity contribution in [2.45, 2.75) is 33.6 Å². The molecule has 0 unspecified atom stereocenters. The van der Waals surface area contributed by atoms with Crippen LogP contribution < -0.4 is 0 Å². The summed E-state index contributed by atoms with van der Waals surface area (Å²) in [7, 11) is 0. The highest BCUT2D eigenvalue weighted by molar-refractivity contribution is 5.19. The molecule has 1 aliphatic rings. The molecule has 0 spiro atoms. The van der Waals surface area contributed by atoms with Crippen molar-refractivity contribution in [2.24, 2.45) is 0 Å². The van der Waals surface area contributed by atoms with Crippen LogP contribution in [0, 0.1) is 6.92 Å². The van der Waals surface area contributed by atoms with Crippen LogP contribution in [0.2, 0.25) is 0 Å². The van der Waals surface area contributed by atoms with Gasteiger partial charge in [0.1, 0.15) is 0 Å². The molecule has 0 N–H and O–H groups in total. The predicted octanol–water partition coefficient (Wildman–Crippen LogP) is 4.56. The second kappa shape index (κ2) is 8.57. The van der Waals surface area contributed by atoms with E-state index in [0.717, 1.165) is 6.54 Å². The van der Waals surface area contributed by atoms with E-state index in [4.69, 9.17) is 0 Å². The maximum Gasteiger partial charge on any atom is 0.0359 e. The number of nitrogens with zero attached hydrogens (tertiary/aromatic N) is 1. The van der Waals surface area contributed by atoms with Gasteiger partial charge in [-0.25, -0.2) is 0 Å². The van der Waals surface area contributed by atoms with E-state index in [9.17, 15) is 0 Å². The topological polar surface area (TPSA) is 3.24 Å². The molecule has 0 amide bonds. The minimum Gasteiger partial charge on any atom is -0.374 e. The van der Waals surface area contributed by atoms with Crippen LogP contribution in [0.5, 0.6) is 0 Å². The Morgan fingerprint density at radius 2 is 1.83 bits per heavy atom. The Labute approximate surface area is 112 Å². The first-order valence-corrected chi connectivity index (χ1v) is 6.83. The molecule has 1 aliphatic heterocycles. The van der Waals surface area contributed by atoms with E-state index >= 15 is 0 Å². The molecule has 0 aliphatic carbocycles. The minimum absolute atomic E-state index is 1.10. The van der Waals surface area contributed by atoms with Crippen LogP contribution in [0.25, 0.3) is 0 Å². The summed E-state index contributed by atoms with van der Waals surface area (Å²) >= 11 is 0. The number of aryl methyl sites for hydroxylation is 1. The van der Waals surface area contributed by atoms with Gasteiger partial charge in [0, 0.05) is 13.1 Å². The molecule has 1 aromatic rings. The van der Waals surface area contributed by atoms with Gasteiger partial charge in [-0.05, 0) is 32.5 Å². The monoisotopic (exact) mass is 243 g/mol. The molecule has 1 heteroatoms. The summed E-state index contributed by atoms with van der Waals surface area (Å²) in [6.07, 6.45) is 9.24. The molecule has 0 radical (unpaired) electrons. The Bertz CT molecular complexity index is 376. The molecule has 18 heavy (non-hydrogen) atoms. The van der Waals surface area contributed by atoms with Gasteiger partial charge < -0.3 is 4.90 Å². The van der Waals surface area contributed by atoms with E-state index in [1.165, 1.54) is 30.5 Å². The number of hydrogen-bond donors (Lipinski definition) is 0. The van der Waals surface area contributed by atoms with Crippen molar-refractivity contribution in [1.82, 2.24) is 4.90 Å². The van der Waals surface area contributed by atoms with E-state index in [0.29, 0.717) is 0 Å². The zero-order chi connectivity index (χ0) is 13.2. The summed E-state index contributed by atoms with van der Waals surface area (Å²) in [5, 5.41) is 0. The molecule has 1 heterocycles. The normalized spacial score (nSPS) is 13.7. The Hall–Kier alpha value is -1.50. The van der Waals surface area contributed by atoms with E-state index in [-0.39, 0.29) is 0 Å². The molecule has 0 aromatic heterocycles. The van der Waals surface area contributed by atoms with Crippen molar-refractivity contribution < 1.29 is 0 Å². The standard InChI is InChI=1S/C10H17N.C7H8/c1-3-4-7-11-8-5-10(2)6-9-11;1-7-5-3-2-4-6-7/h5-6,8H,3-4,7,9H2,1-2H3;2-6H,1H3. The maximum absolute atomic E-state index is 2.36. The highest BCUT2D eigenvalue weighted by Crippen LogP contribution is 2.06. The Morgan fingerprint density at radius 1 is 1.11 bits per heavy atom. The van der Waals surface area contributed by atoms with Gasteiger partial charge in [-0.15, -0.1) is 0 Å². The lowest BCUT2D eigenvalue weighted by Gasteiger charge is -2.21. The van der Waals surface area contributed by atoms with Gasteiger partial charge in [0.05, 0.1) is 0 Å². The summed E-state index contributed by atoms with van der Waals surface area (Å²) < 4.78 is 0. The highest BCUT2D eigenvalue weighted by Gasteiger charge is 1.99. The van der Waals surface area contributed by atoms with Crippen LogP contribution in [-0.4, -0.2) is 18.0 Å². The third-order valence-corrected chi connectivity index (χ3v) is 2.94. The Morgan fingerprint density at radius 3 is 2.28 bits per heavy atom. The van der Waals surface area contributed by atoms with Crippen LogP contribution in [0.3, 0.4) is 0 Å². The number of hydrogen-bond acceptors (Lipinski definition) is 1. The fourth-order valence-corrected chi connectivity index (χ4v) is 1.67. The van der Waals surface area contributed by atoms with Crippen molar-refractivity contribution in [1.29, 1.82) is 0 Å². The average Bonchev–Trinajstić information content (AvgIpc) is 2.40. The van der Waals surface area contributed by atoms with Gasteiger partial charge in [0.25, 0.3) is 0 Å². The van der Waals surface area contributed by atoms with Crippen LogP contribution in [0.15, 0.2) is 54.3 Å². The van der Waals surface area contributed by atoms with Gasteiger partial charge in [-0.3, -0.25) is 0 Å². The second-order valence-corrected chi connectivity index (χ2v) is 4.77. The highest BCUT2D eigenvalue weighted by atomic mass is 15.1. The summed E-state index contributed by atoms with van der Waals surface area (Å²) in [5.41, 5.74) is 2.71. The molecule has 0 bridgehead atoms. The van der Waals surface area contributed by atoms with Gasteiger partial charge >= 0.3 is 0 Å². The summed E-state index contributed by atoms with van der Waals surface area (Å²) in [6, 6.07) is 10.3. The molecule has 1 nitrogen and oxygen atoms in total. The van der Waals surface area contributed by atoms with E-state index in [2.05, 4.69) is 56.2 Å². The quantitative estimate of drug-likeness (QED) is 0.752. The maximum atomic E-state index is 2.36. The molecule has 1 aromatic carbocycles. The summed E-state index contributed by atoms with van der Waals surface area (Å²) in [4.78, 5) is 2.36. The third-order valence-electron chi connectivity index (χ3n) is 2.94. The smallest absolute Gasteiger partial charge is 0.0359 e. The predicted molar refractivity (Wildman–Crippen MR) is 80.6 cm³/mol. The zero-order valence-electron chi connectivity index (χ0n) is 11.9. The lowest BCUT2D eigenvalue weighted by molar-refractivity contribution is 0.399. The van der Waals surface area contributed by atoms with Crippen molar-refractivity contribution in [3.8, 4) is 0 Å². The first-order valence-electron chi connectivity index (χ1n) is 6.83. The molecule has 0 saturated heterocycles. The van der Waals surface area contributed by atoms with Gasteiger partial charge in [-0.2, -0.15) is 0 Å². The lowest BCUT2D eigenvalue weighted by atomic mass is 10.2. The lowest BCUT2D eigenvalue weighted by Crippen LogP contribution is -2.20. The van der Waals surface area contributed by atoms with Gasteiger partial charge in [0.15, 0.2) is 0 Å². The van der Waals surface area contributed by atoms with Crippen molar-refractivity contribution in [3.63, 3.8) is 0 Å². The fraction of sp³-hybridized carbons (Fsp3) is 0.412. The fourth-order valence-electron chi connectivity index (χ4n) is 1.67. The van der Waals surface area contributed by atoms with E-state index < -0.39 is 0 Å². The number of unbranched alkanes of at least 4 members (excludes halogenated alkanes) is 1. The minimum atomic E-state index is 1.10. The summed E-state index contributed by atoms with van der Waals surface area (Å²) in [5.74, 6) is 0. The van der Waals surface area contributed by atoms with Crippen molar-refractivity contribution >= 4 is 0 Å². The molecule has 98 valence electrons. The molecule has 0 atom stereocenters. The van der Waals surface area contributed by atoms with Crippen LogP contribution >= 0.6 is 0 Å². The largest absolute Gasteiger partial charge is 0.374 e. The number of allylic oxidation sites excluding steroid dienone is 2. The van der Waals surface area contributed by atoms with E-state index in [1.54, 1.807) is 0 Å². The van der Waals surface area contributed by atoms with Crippen LogP contribution in [0.4, 0.5) is 0 Å². The first-order chi connectivity index (χ1) is 8.72. The SMILES string of the molecule is CCCCN1C=CC(C)=CC1.Cc1ccccc1. The molecule has 0 saturated carbocycles. The molecular weight excluding hydrogens is 218 g/mol. The average molecular weight is 243 g/mol. The molecule has 0 fully saturated rings. The first kappa shape index (κ1) is 14.6. The van der Waals surface area contributed by atoms with Gasteiger partial charge in [-0.1, -0.05) is 60.9 Å². The van der Waals surface area contributed by atoms with Gasteiger partial charge in [0.2, 0.25) is 0 Å². The van der Waals surface area contributed by atoms with Crippen molar-refractivity contribution in [3.05, 3.63) is 59.8 Å². The zero-order valence-corrected chi connectivity index (χ0v) is 11.9. The third kappa shape index (κ3) is 6.29. The molecule has 2 rings (SSSR count). The Balaban J connectivity index is 0.000000199. The number of benzene rings is 1. The van der Waals surface area contributed by atoms with Crippen LogP contribution in [-0.2, 0) is 0 Å². The summed E-state index contributed by atoms with van der Waals surface area (Å²) in [6.45, 7) is 8.77. The number of rotatable bonds is 3. The van der Waals surface area contributed by atoms with E-state index in [1.807, 2.05) is 18.2 Å².